The number of aromatic amines is 1. The van der Waals surface area contributed by atoms with Crippen LogP contribution in [0.3, 0.4) is 0 Å². The molecular formula is C19H22N2O4S. The van der Waals surface area contributed by atoms with Crippen LogP contribution in [0.15, 0.2) is 26.9 Å². The lowest BCUT2D eigenvalue weighted by Crippen LogP contribution is -2.22. The van der Waals surface area contributed by atoms with Crippen molar-refractivity contribution in [1.29, 1.82) is 0 Å². The van der Waals surface area contributed by atoms with Gasteiger partial charge in [0, 0.05) is 19.2 Å². The van der Waals surface area contributed by atoms with E-state index in [-0.39, 0.29) is 27.7 Å². The van der Waals surface area contributed by atoms with Gasteiger partial charge in [0.2, 0.25) is 9.84 Å². The van der Waals surface area contributed by atoms with Gasteiger partial charge in [0.25, 0.3) is 5.56 Å². The number of benzene rings is 1. The Morgan fingerprint density at radius 2 is 1.96 bits per heavy atom. The second kappa shape index (κ2) is 6.41. The molecule has 1 unspecified atom stereocenters. The summed E-state index contributed by atoms with van der Waals surface area (Å²) >= 11 is 0. The zero-order chi connectivity index (χ0) is 19.2. The zero-order valence-corrected chi connectivity index (χ0v) is 16.2. The van der Waals surface area contributed by atoms with Crippen molar-refractivity contribution in [2.24, 2.45) is 0 Å². The minimum Gasteiger partial charge on any atom is -0.302 e. The predicted molar refractivity (Wildman–Crippen MR) is 99.7 cm³/mol. The summed E-state index contributed by atoms with van der Waals surface area (Å²) in [5.74, 6) is 1.55. The first-order valence-corrected chi connectivity index (χ1v) is 10.2. The molecule has 0 bridgehead atoms. The first-order valence-electron chi connectivity index (χ1n) is 8.69. The number of H-pyrrole nitrogens is 1. The van der Waals surface area contributed by atoms with Gasteiger partial charge in [-0.3, -0.25) is 9.48 Å². The Kier molecular flexibility index (Phi) is 4.54. The van der Waals surface area contributed by atoms with E-state index in [9.17, 15) is 18.0 Å². The molecule has 0 aliphatic carbocycles. The van der Waals surface area contributed by atoms with Gasteiger partial charge in [-0.05, 0) is 61.4 Å². The number of allylic oxidation sites excluding steroid dienone is 1. The van der Waals surface area contributed by atoms with Crippen LogP contribution in [0.5, 0.6) is 0 Å². The molecule has 1 aromatic carbocycles. The molecular weight excluding hydrogens is 352 g/mol. The molecule has 1 aromatic heterocycles. The van der Waals surface area contributed by atoms with E-state index in [2.05, 4.69) is 5.10 Å². The minimum absolute atomic E-state index is 0.0871. The maximum Gasteiger partial charge on any atom is 0.274 e. The molecule has 1 atom stereocenters. The number of hydrogen-bond donors (Lipinski definition) is 1. The van der Waals surface area contributed by atoms with Gasteiger partial charge in [0.15, 0.2) is 0 Å². The first kappa shape index (κ1) is 18.4. The van der Waals surface area contributed by atoms with Gasteiger partial charge in [0.05, 0.1) is 10.5 Å². The predicted octanol–water partition coefficient (Wildman–Crippen LogP) is 2.87. The van der Waals surface area contributed by atoms with Gasteiger partial charge in [-0.2, -0.15) is 0 Å². The third-order valence-corrected chi connectivity index (χ3v) is 7.24. The van der Waals surface area contributed by atoms with E-state index in [1.165, 1.54) is 4.68 Å². The molecule has 0 saturated heterocycles. The van der Waals surface area contributed by atoms with Crippen molar-refractivity contribution in [2.45, 2.75) is 57.9 Å². The summed E-state index contributed by atoms with van der Waals surface area (Å²) in [5.41, 5.74) is 3.20. The highest BCUT2D eigenvalue weighted by atomic mass is 32.2. The number of aromatic nitrogens is 2. The lowest BCUT2D eigenvalue weighted by molar-refractivity contribution is 0.555. The Morgan fingerprint density at radius 1 is 1.27 bits per heavy atom. The van der Waals surface area contributed by atoms with Crippen molar-refractivity contribution in [3.63, 3.8) is 0 Å². The molecule has 6 nitrogen and oxygen atoms in total. The molecule has 0 saturated carbocycles. The van der Waals surface area contributed by atoms with Gasteiger partial charge < -0.3 is 5.10 Å². The SMILES string of the molecule is CCC1CC(=C=O)S(=O)(=O)c2c(C)cc(-c3c[nH]n(CC)c3=O)c(C)c21. The smallest absolute Gasteiger partial charge is 0.274 e. The van der Waals surface area contributed by atoms with Gasteiger partial charge in [-0.15, -0.1) is 0 Å². The summed E-state index contributed by atoms with van der Waals surface area (Å²) in [5, 5.41) is 2.94. The van der Waals surface area contributed by atoms with Crippen molar-refractivity contribution in [2.75, 3.05) is 0 Å². The van der Waals surface area contributed by atoms with Crippen LogP contribution in [0.25, 0.3) is 11.1 Å². The van der Waals surface area contributed by atoms with Gasteiger partial charge in [-0.1, -0.05) is 6.92 Å². The molecule has 1 aliphatic heterocycles. The molecule has 1 aliphatic rings. The monoisotopic (exact) mass is 374 g/mol. The Morgan fingerprint density at radius 3 is 2.50 bits per heavy atom. The van der Waals surface area contributed by atoms with Crippen LogP contribution in [0, 0.1) is 13.8 Å². The molecule has 0 radical (unpaired) electrons. The topological polar surface area (TPSA) is 89.0 Å². The summed E-state index contributed by atoms with van der Waals surface area (Å²) in [6.45, 7) is 7.94. The van der Waals surface area contributed by atoms with Gasteiger partial charge >= 0.3 is 0 Å². The minimum atomic E-state index is -3.84. The number of sulfone groups is 1. The van der Waals surface area contributed by atoms with Gasteiger partial charge in [-0.25, -0.2) is 13.2 Å². The summed E-state index contributed by atoms with van der Waals surface area (Å²) in [4.78, 5) is 23.8. The normalized spacial score (nSPS) is 18.5. The average molecular weight is 374 g/mol. The number of aryl methyl sites for hydroxylation is 2. The molecule has 7 heteroatoms. The Hall–Kier alpha value is -2.37. The quantitative estimate of drug-likeness (QED) is 0.837. The Bertz CT molecular complexity index is 1100. The maximum absolute atomic E-state index is 12.9. The molecule has 1 N–H and O–H groups in total. The number of rotatable bonds is 3. The number of nitrogens with one attached hydrogen (secondary N) is 1. The van der Waals surface area contributed by atoms with Crippen LogP contribution in [-0.2, 0) is 21.2 Å². The Balaban J connectivity index is 2.39. The molecule has 138 valence electrons. The third-order valence-electron chi connectivity index (χ3n) is 5.26. The first-order chi connectivity index (χ1) is 12.3. The van der Waals surface area contributed by atoms with Crippen molar-refractivity contribution < 1.29 is 13.2 Å². The molecule has 0 fully saturated rings. The van der Waals surface area contributed by atoms with Crippen LogP contribution in [0.4, 0.5) is 0 Å². The maximum atomic E-state index is 12.9. The van der Waals surface area contributed by atoms with E-state index in [0.29, 0.717) is 24.1 Å². The van der Waals surface area contributed by atoms with Crippen LogP contribution < -0.4 is 5.56 Å². The van der Waals surface area contributed by atoms with E-state index < -0.39 is 9.84 Å². The molecule has 0 amide bonds. The largest absolute Gasteiger partial charge is 0.302 e. The van der Waals surface area contributed by atoms with Crippen molar-refractivity contribution in [3.8, 4) is 11.1 Å². The summed E-state index contributed by atoms with van der Waals surface area (Å²) in [7, 11) is -3.84. The fraction of sp³-hybridized carbons (Fsp3) is 0.421. The fourth-order valence-corrected chi connectivity index (χ4v) is 5.75. The van der Waals surface area contributed by atoms with Crippen LogP contribution in [-0.4, -0.2) is 24.1 Å². The summed E-state index contributed by atoms with van der Waals surface area (Å²) in [6, 6.07) is 1.73. The summed E-state index contributed by atoms with van der Waals surface area (Å²) < 4.78 is 27.2. The molecule has 2 heterocycles. The molecule has 26 heavy (non-hydrogen) atoms. The number of fused-ring (bicyclic) bond motifs is 1. The number of hydrogen-bond acceptors (Lipinski definition) is 4. The van der Waals surface area contributed by atoms with E-state index in [1.54, 1.807) is 25.1 Å². The van der Waals surface area contributed by atoms with E-state index in [0.717, 1.165) is 16.7 Å². The van der Waals surface area contributed by atoms with Crippen LogP contribution in [0.1, 0.15) is 49.3 Å². The highest BCUT2D eigenvalue weighted by molar-refractivity contribution is 7.95. The third kappa shape index (κ3) is 2.50. The van der Waals surface area contributed by atoms with E-state index >= 15 is 0 Å². The van der Waals surface area contributed by atoms with Crippen LogP contribution >= 0.6 is 0 Å². The van der Waals surface area contributed by atoms with Gasteiger partial charge in [0.1, 0.15) is 10.8 Å². The Labute approximate surface area is 152 Å². The lowest BCUT2D eigenvalue weighted by atomic mass is 9.84. The van der Waals surface area contributed by atoms with E-state index in [1.807, 2.05) is 20.8 Å². The summed E-state index contributed by atoms with van der Waals surface area (Å²) in [6.07, 6.45) is 2.52. The average Bonchev–Trinajstić information content (AvgIpc) is 2.97. The van der Waals surface area contributed by atoms with Crippen molar-refractivity contribution in [3.05, 3.63) is 44.2 Å². The second-order valence-corrected chi connectivity index (χ2v) is 8.59. The molecule has 3 rings (SSSR count). The molecule has 2 aromatic rings. The number of nitrogens with zero attached hydrogens (tertiary/aromatic N) is 1. The lowest BCUT2D eigenvalue weighted by Gasteiger charge is -2.29. The highest BCUT2D eigenvalue weighted by Crippen LogP contribution is 2.45. The van der Waals surface area contributed by atoms with Crippen molar-refractivity contribution >= 4 is 15.8 Å². The highest BCUT2D eigenvalue weighted by Gasteiger charge is 2.38. The number of carbonyl (C=O) groups excluding carboxylic acids is 1. The van der Waals surface area contributed by atoms with Crippen LogP contribution in [0.2, 0.25) is 0 Å². The fourth-order valence-electron chi connectivity index (χ4n) is 3.89. The van der Waals surface area contributed by atoms with E-state index in [4.69, 9.17) is 0 Å². The molecule has 0 spiro atoms. The zero-order valence-electron chi connectivity index (χ0n) is 15.3. The second-order valence-electron chi connectivity index (χ2n) is 6.68. The standard InChI is InChI=1S/C19H22N2O4S/c1-5-13-8-14(10-22)26(24,25)18-11(3)7-15(12(4)17(13)18)16-9-20-21(6-2)19(16)23/h7,9,13,20H,5-6,8H2,1-4H3. The van der Waals surface area contributed by atoms with Crippen molar-refractivity contribution in [1.82, 2.24) is 9.78 Å².